The number of amides is 2. The third-order valence-corrected chi connectivity index (χ3v) is 3.70. The van der Waals surface area contributed by atoms with Crippen molar-refractivity contribution < 1.29 is 26.5 Å². The fourth-order valence-corrected chi connectivity index (χ4v) is 2.86. The number of rotatable bonds is 4. The van der Waals surface area contributed by atoms with Crippen LogP contribution < -0.4 is 5.73 Å². The smallest absolute Gasteiger partial charge is 0.418 e. The van der Waals surface area contributed by atoms with Crippen molar-refractivity contribution in [2.75, 3.05) is 13.1 Å². The van der Waals surface area contributed by atoms with Gasteiger partial charge in [-0.15, -0.1) is 4.28 Å². The monoisotopic (exact) mass is 316 g/mol. The van der Waals surface area contributed by atoms with E-state index in [4.69, 9.17) is 14.7 Å². The largest absolute Gasteiger partial charge is 0.444 e. The lowest BCUT2D eigenvalue weighted by Crippen LogP contribution is -2.43. The Balaban J connectivity index is 2.01. The van der Waals surface area contributed by atoms with E-state index in [0.29, 0.717) is 16.4 Å². The van der Waals surface area contributed by atoms with E-state index >= 15 is 0 Å². The maximum atomic E-state index is 12.2. The van der Waals surface area contributed by atoms with Crippen molar-refractivity contribution in [2.24, 2.45) is 5.73 Å². The summed E-state index contributed by atoms with van der Waals surface area (Å²) in [6, 6.07) is -1.86. The van der Waals surface area contributed by atoms with Crippen LogP contribution in [0.4, 0.5) is 4.79 Å². The van der Waals surface area contributed by atoms with E-state index in [0.717, 1.165) is 0 Å². The van der Waals surface area contributed by atoms with Gasteiger partial charge in [-0.3, -0.25) is 4.55 Å². The molecule has 2 bridgehead atoms. The van der Waals surface area contributed by atoms with E-state index in [9.17, 15) is 13.2 Å². The first-order chi connectivity index (χ1) is 9.90. The van der Waals surface area contributed by atoms with Gasteiger partial charge < -0.3 is 15.1 Å². The third-order valence-electron chi connectivity index (χ3n) is 3.35. The number of carbonyl (C=O) groups is 1. The number of hydrogen-bond donors (Lipinski definition) is 2. The average Bonchev–Trinajstić information content (AvgIpc) is 3.02. The van der Waals surface area contributed by atoms with Gasteiger partial charge in [0.15, 0.2) is 12.2 Å². The SMILES string of the molecule is NC[C@@H]1C=C(c2cnco2)[C@@H]2CN1C(=O)N2OS(=O)(=O)O. The molecule has 2 atom stereocenters. The van der Waals surface area contributed by atoms with E-state index in [-0.39, 0.29) is 13.1 Å². The van der Waals surface area contributed by atoms with Gasteiger partial charge in [-0.1, -0.05) is 6.08 Å². The van der Waals surface area contributed by atoms with Gasteiger partial charge in [0.1, 0.15) is 6.04 Å². The standard InChI is InChI=1S/C10H12N4O6S/c11-2-6-1-7(9-3-12-5-19-9)8-4-13(6)10(15)14(8)20-21(16,17)18/h1,3,5-6,8H,2,4,11H2,(H,16,17,18)/t6-,8-/m0/s1. The minimum absolute atomic E-state index is 0.149. The summed E-state index contributed by atoms with van der Waals surface area (Å²) in [6.45, 7) is 0.318. The van der Waals surface area contributed by atoms with Crippen LogP contribution in [0.3, 0.4) is 0 Å². The predicted octanol–water partition coefficient (Wildman–Crippen LogP) is -0.760. The Morgan fingerprint density at radius 3 is 2.90 bits per heavy atom. The summed E-state index contributed by atoms with van der Waals surface area (Å²) in [4.78, 5) is 17.3. The van der Waals surface area contributed by atoms with Crippen LogP contribution in [-0.2, 0) is 14.7 Å². The molecule has 1 fully saturated rings. The number of hydrogen-bond acceptors (Lipinski definition) is 7. The Morgan fingerprint density at radius 2 is 2.33 bits per heavy atom. The van der Waals surface area contributed by atoms with E-state index < -0.39 is 28.5 Å². The summed E-state index contributed by atoms with van der Waals surface area (Å²) in [7, 11) is -4.82. The number of carbonyl (C=O) groups excluding carboxylic acids is 1. The molecular weight excluding hydrogens is 304 g/mol. The highest BCUT2D eigenvalue weighted by atomic mass is 32.3. The van der Waals surface area contributed by atoms with E-state index in [1.165, 1.54) is 17.5 Å². The highest BCUT2D eigenvalue weighted by Crippen LogP contribution is 2.35. The summed E-state index contributed by atoms with van der Waals surface area (Å²) in [5.74, 6) is 0.372. The van der Waals surface area contributed by atoms with Gasteiger partial charge in [-0.2, -0.15) is 13.5 Å². The number of fused-ring (bicyclic) bond motifs is 2. The quantitative estimate of drug-likeness (QED) is 0.691. The fraction of sp³-hybridized carbons (Fsp3) is 0.400. The molecule has 0 spiro atoms. The van der Waals surface area contributed by atoms with Gasteiger partial charge in [-0.25, -0.2) is 9.78 Å². The number of aromatic nitrogens is 1. The average molecular weight is 316 g/mol. The molecule has 10 nitrogen and oxygen atoms in total. The molecule has 0 aromatic carbocycles. The van der Waals surface area contributed by atoms with Crippen molar-refractivity contribution in [1.82, 2.24) is 14.9 Å². The zero-order valence-electron chi connectivity index (χ0n) is 10.6. The molecular formula is C10H12N4O6S. The molecule has 0 unspecified atom stereocenters. The molecule has 21 heavy (non-hydrogen) atoms. The Hall–Kier alpha value is -1.95. The molecule has 3 heterocycles. The number of nitrogens with two attached hydrogens (primary N) is 1. The van der Waals surface area contributed by atoms with E-state index in [1.807, 2.05) is 0 Å². The fourth-order valence-electron chi connectivity index (χ4n) is 2.49. The maximum Gasteiger partial charge on any atom is 0.418 e. The first-order valence-electron chi connectivity index (χ1n) is 5.98. The number of oxazole rings is 1. The Bertz CT molecular complexity index is 684. The molecule has 0 radical (unpaired) electrons. The van der Waals surface area contributed by atoms with Gasteiger partial charge in [0.2, 0.25) is 0 Å². The molecule has 3 N–H and O–H groups in total. The molecule has 11 heteroatoms. The summed E-state index contributed by atoms with van der Waals surface area (Å²) >= 11 is 0. The van der Waals surface area contributed by atoms with E-state index in [2.05, 4.69) is 9.27 Å². The molecule has 114 valence electrons. The molecule has 0 saturated carbocycles. The molecule has 2 amide bonds. The summed E-state index contributed by atoms with van der Waals surface area (Å²) in [5.41, 5.74) is 6.15. The lowest BCUT2D eigenvalue weighted by Gasteiger charge is -2.27. The van der Waals surface area contributed by atoms with Crippen LogP contribution in [0.25, 0.3) is 5.57 Å². The van der Waals surface area contributed by atoms with Gasteiger partial charge in [0, 0.05) is 12.1 Å². The van der Waals surface area contributed by atoms with Crippen molar-refractivity contribution >= 4 is 22.0 Å². The molecule has 0 aliphatic carbocycles. The minimum Gasteiger partial charge on any atom is -0.444 e. The van der Waals surface area contributed by atoms with Crippen LogP contribution in [0, 0.1) is 0 Å². The van der Waals surface area contributed by atoms with Crippen molar-refractivity contribution in [1.29, 1.82) is 0 Å². The van der Waals surface area contributed by atoms with Gasteiger partial charge >= 0.3 is 16.4 Å². The molecule has 2 aliphatic heterocycles. The van der Waals surface area contributed by atoms with Gasteiger partial charge in [0.25, 0.3) is 0 Å². The normalized spacial score (nSPS) is 25.4. The first kappa shape index (κ1) is 14.0. The number of nitrogens with zero attached hydrogens (tertiary/aromatic N) is 3. The maximum absolute atomic E-state index is 12.2. The summed E-state index contributed by atoms with van der Waals surface area (Å²) in [5, 5.41) is 0.597. The van der Waals surface area contributed by atoms with Gasteiger partial charge in [-0.05, 0) is 0 Å². The van der Waals surface area contributed by atoms with Crippen molar-refractivity contribution in [2.45, 2.75) is 12.1 Å². The van der Waals surface area contributed by atoms with E-state index in [1.54, 1.807) is 6.08 Å². The molecule has 1 saturated heterocycles. The van der Waals surface area contributed by atoms with Crippen molar-refractivity contribution in [3.8, 4) is 0 Å². The topological polar surface area (TPSA) is 139 Å². The zero-order chi connectivity index (χ0) is 15.2. The lowest BCUT2D eigenvalue weighted by atomic mass is 9.98. The lowest BCUT2D eigenvalue weighted by molar-refractivity contribution is -0.0165. The van der Waals surface area contributed by atoms with Crippen LogP contribution in [0.2, 0.25) is 0 Å². The number of urea groups is 1. The zero-order valence-corrected chi connectivity index (χ0v) is 11.4. The second-order valence-corrected chi connectivity index (χ2v) is 5.57. The predicted molar refractivity (Wildman–Crippen MR) is 67.7 cm³/mol. The second-order valence-electron chi connectivity index (χ2n) is 4.57. The third kappa shape index (κ3) is 2.40. The van der Waals surface area contributed by atoms with Crippen LogP contribution in [-0.4, -0.2) is 59.1 Å². The highest BCUT2D eigenvalue weighted by molar-refractivity contribution is 7.80. The highest BCUT2D eigenvalue weighted by Gasteiger charge is 2.48. The first-order valence-corrected chi connectivity index (χ1v) is 7.34. The molecule has 1 aromatic heterocycles. The summed E-state index contributed by atoms with van der Waals surface area (Å²) < 4.78 is 40.2. The molecule has 3 rings (SSSR count). The van der Waals surface area contributed by atoms with Gasteiger partial charge in [0.05, 0.1) is 18.8 Å². The van der Waals surface area contributed by atoms with Crippen LogP contribution >= 0.6 is 0 Å². The second kappa shape index (κ2) is 4.80. The Kier molecular flexibility index (Phi) is 3.20. The Morgan fingerprint density at radius 1 is 1.57 bits per heavy atom. The Labute approximate surface area is 119 Å². The molecule has 1 aromatic rings. The van der Waals surface area contributed by atoms with Crippen molar-refractivity contribution in [3.63, 3.8) is 0 Å². The van der Waals surface area contributed by atoms with Crippen LogP contribution in [0.5, 0.6) is 0 Å². The van der Waals surface area contributed by atoms with Crippen LogP contribution in [0.15, 0.2) is 23.1 Å². The minimum atomic E-state index is -4.82. The van der Waals surface area contributed by atoms with Crippen LogP contribution in [0.1, 0.15) is 5.76 Å². The molecule has 2 aliphatic rings. The van der Waals surface area contributed by atoms with Crippen molar-refractivity contribution in [3.05, 3.63) is 24.4 Å². The summed E-state index contributed by atoms with van der Waals surface area (Å²) in [6.07, 6.45) is 4.34. The number of hydroxylamine groups is 2.